The molecule has 0 fully saturated rings. The van der Waals surface area contributed by atoms with E-state index in [1.807, 2.05) is 48.5 Å². The molecule has 130 valence electrons. The Morgan fingerprint density at radius 1 is 1.04 bits per heavy atom. The van der Waals surface area contributed by atoms with Crippen LogP contribution in [-0.2, 0) is 6.54 Å². The number of para-hydroxylation sites is 2. The summed E-state index contributed by atoms with van der Waals surface area (Å²) in [5.41, 5.74) is 2.14. The molecule has 0 radical (unpaired) electrons. The third kappa shape index (κ3) is 4.64. The van der Waals surface area contributed by atoms with Crippen molar-refractivity contribution in [3.05, 3.63) is 66.0 Å². The van der Waals surface area contributed by atoms with Crippen molar-refractivity contribution in [2.75, 3.05) is 20.2 Å². The van der Waals surface area contributed by atoms with Gasteiger partial charge in [-0.05, 0) is 54.6 Å². The Kier molecular flexibility index (Phi) is 5.74. The first-order valence-corrected chi connectivity index (χ1v) is 8.43. The number of rotatable bonds is 8. The molecule has 1 heterocycles. The number of hydrogen-bond acceptors (Lipinski definition) is 5. The molecule has 0 aliphatic carbocycles. The van der Waals surface area contributed by atoms with Gasteiger partial charge in [-0.15, -0.1) is 5.10 Å². The van der Waals surface area contributed by atoms with E-state index >= 15 is 0 Å². The summed E-state index contributed by atoms with van der Waals surface area (Å²) in [4.78, 5) is 2.20. The van der Waals surface area contributed by atoms with Gasteiger partial charge in [0.05, 0.1) is 18.8 Å². The Hall–Kier alpha value is -2.73. The van der Waals surface area contributed by atoms with E-state index in [1.165, 1.54) is 0 Å². The van der Waals surface area contributed by atoms with Crippen LogP contribution in [0.1, 0.15) is 17.8 Å². The highest BCUT2D eigenvalue weighted by atomic mass is 16.5. The van der Waals surface area contributed by atoms with E-state index in [0.29, 0.717) is 13.2 Å². The van der Waals surface area contributed by atoms with Crippen LogP contribution in [0.2, 0.25) is 0 Å². The third-order valence-electron chi connectivity index (χ3n) is 3.98. The summed E-state index contributed by atoms with van der Waals surface area (Å²) < 4.78 is 7.62. The monoisotopic (exact) mass is 337 g/mol. The Morgan fingerprint density at radius 2 is 1.80 bits per heavy atom. The second-order valence-electron chi connectivity index (χ2n) is 6.05. The Balaban J connectivity index is 1.48. The third-order valence-corrected chi connectivity index (χ3v) is 3.98. The zero-order valence-corrected chi connectivity index (χ0v) is 14.7. The molecule has 0 spiro atoms. The van der Waals surface area contributed by atoms with Gasteiger partial charge in [-0.25, -0.2) is 0 Å². The molecule has 0 N–H and O–H groups in total. The van der Waals surface area contributed by atoms with E-state index in [1.54, 1.807) is 4.68 Å². The lowest BCUT2D eigenvalue weighted by Gasteiger charge is -2.16. The van der Waals surface area contributed by atoms with Crippen LogP contribution < -0.4 is 4.74 Å². The van der Waals surface area contributed by atoms with Crippen molar-refractivity contribution >= 4 is 0 Å². The number of nitrogens with zero attached hydrogens (tertiary/aromatic N) is 5. The lowest BCUT2D eigenvalue weighted by molar-refractivity contribution is 0.254. The van der Waals surface area contributed by atoms with Crippen molar-refractivity contribution in [3.8, 4) is 11.4 Å². The molecule has 3 rings (SSSR count). The molecule has 1 aromatic heterocycles. The fraction of sp³-hybridized carbons (Fsp3) is 0.316. The highest BCUT2D eigenvalue weighted by Crippen LogP contribution is 2.16. The molecule has 0 saturated carbocycles. The quantitative estimate of drug-likeness (QED) is 0.592. The zero-order valence-electron chi connectivity index (χ0n) is 14.7. The predicted octanol–water partition coefficient (Wildman–Crippen LogP) is 2.87. The zero-order chi connectivity index (χ0) is 17.5. The maximum atomic E-state index is 5.84. The van der Waals surface area contributed by atoms with Crippen LogP contribution in [0.5, 0.6) is 5.75 Å². The van der Waals surface area contributed by atoms with Crippen molar-refractivity contribution in [1.82, 2.24) is 25.1 Å². The van der Waals surface area contributed by atoms with Gasteiger partial charge in [0.25, 0.3) is 0 Å². The average molecular weight is 337 g/mol. The maximum Gasteiger partial charge on any atom is 0.170 e. The van der Waals surface area contributed by atoms with Crippen molar-refractivity contribution in [1.29, 1.82) is 0 Å². The molecule has 6 nitrogen and oxygen atoms in total. The van der Waals surface area contributed by atoms with Gasteiger partial charge in [0.15, 0.2) is 5.82 Å². The molecule has 0 atom stereocenters. The van der Waals surface area contributed by atoms with Gasteiger partial charge in [-0.1, -0.05) is 36.4 Å². The lowest BCUT2D eigenvalue weighted by atomic mass is 10.2. The number of aromatic nitrogens is 4. The molecule has 0 unspecified atom stereocenters. The van der Waals surface area contributed by atoms with Gasteiger partial charge in [0.2, 0.25) is 0 Å². The highest BCUT2D eigenvalue weighted by molar-refractivity contribution is 5.31. The van der Waals surface area contributed by atoms with Crippen LogP contribution in [-0.4, -0.2) is 45.3 Å². The van der Waals surface area contributed by atoms with Crippen molar-refractivity contribution in [2.45, 2.75) is 19.9 Å². The first kappa shape index (κ1) is 17.1. The SMILES string of the molecule is Cc1ccccc1OCCCN(C)Cc1nnnn1-c1ccccc1. The number of hydrogen-bond donors (Lipinski definition) is 0. The van der Waals surface area contributed by atoms with Crippen LogP contribution >= 0.6 is 0 Å². The van der Waals surface area contributed by atoms with Crippen LogP contribution in [0.25, 0.3) is 5.69 Å². The first-order chi connectivity index (χ1) is 12.2. The van der Waals surface area contributed by atoms with Gasteiger partial charge >= 0.3 is 0 Å². The second-order valence-corrected chi connectivity index (χ2v) is 6.05. The van der Waals surface area contributed by atoms with Gasteiger partial charge < -0.3 is 4.74 Å². The molecule has 2 aromatic carbocycles. The molecule has 3 aromatic rings. The minimum atomic E-state index is 0.687. The highest BCUT2D eigenvalue weighted by Gasteiger charge is 2.10. The minimum absolute atomic E-state index is 0.687. The van der Waals surface area contributed by atoms with Gasteiger partial charge in [-0.3, -0.25) is 4.90 Å². The summed E-state index contributed by atoms with van der Waals surface area (Å²) >= 11 is 0. The molecule has 0 saturated heterocycles. The smallest absolute Gasteiger partial charge is 0.170 e. The Bertz CT molecular complexity index is 787. The predicted molar refractivity (Wildman–Crippen MR) is 96.8 cm³/mol. The van der Waals surface area contributed by atoms with Gasteiger partial charge in [-0.2, -0.15) is 4.68 Å². The fourth-order valence-corrected chi connectivity index (χ4v) is 2.63. The van der Waals surface area contributed by atoms with Gasteiger partial charge in [0.1, 0.15) is 5.75 Å². The molecule has 0 amide bonds. The van der Waals surface area contributed by atoms with E-state index in [-0.39, 0.29) is 0 Å². The summed E-state index contributed by atoms with van der Waals surface area (Å²) in [6, 6.07) is 18.0. The van der Waals surface area contributed by atoms with Crippen molar-refractivity contribution < 1.29 is 4.74 Å². The van der Waals surface area contributed by atoms with Crippen LogP contribution in [0, 0.1) is 6.92 Å². The van der Waals surface area contributed by atoms with Crippen molar-refractivity contribution in [2.24, 2.45) is 0 Å². The van der Waals surface area contributed by atoms with E-state index in [9.17, 15) is 0 Å². The standard InChI is InChI=1S/C19H23N5O/c1-16-9-6-7-12-18(16)25-14-8-13-23(2)15-19-20-21-22-24(19)17-10-4-3-5-11-17/h3-7,9-12H,8,13-15H2,1-2H3. The van der Waals surface area contributed by atoms with Crippen LogP contribution in [0.3, 0.4) is 0 Å². The number of aryl methyl sites for hydroxylation is 1. The normalized spacial score (nSPS) is 11.0. The summed E-state index contributed by atoms with van der Waals surface area (Å²) in [7, 11) is 2.07. The first-order valence-electron chi connectivity index (χ1n) is 8.43. The second kappa shape index (κ2) is 8.39. The molecule has 0 aliphatic rings. The number of ether oxygens (including phenoxy) is 1. The van der Waals surface area contributed by atoms with Crippen LogP contribution in [0.15, 0.2) is 54.6 Å². The number of benzene rings is 2. The molecule has 0 bridgehead atoms. The van der Waals surface area contributed by atoms with Gasteiger partial charge in [0, 0.05) is 6.54 Å². The summed E-state index contributed by atoms with van der Waals surface area (Å²) in [5.74, 6) is 1.78. The lowest BCUT2D eigenvalue weighted by Crippen LogP contribution is -2.23. The molecular formula is C19H23N5O. The largest absolute Gasteiger partial charge is 0.493 e. The summed E-state index contributed by atoms with van der Waals surface area (Å²) in [5, 5.41) is 12.0. The average Bonchev–Trinajstić information content (AvgIpc) is 3.09. The number of tetrazole rings is 1. The minimum Gasteiger partial charge on any atom is -0.493 e. The van der Waals surface area contributed by atoms with Crippen molar-refractivity contribution in [3.63, 3.8) is 0 Å². The molecular weight excluding hydrogens is 314 g/mol. The maximum absolute atomic E-state index is 5.84. The fourth-order valence-electron chi connectivity index (χ4n) is 2.63. The topological polar surface area (TPSA) is 56.1 Å². The van der Waals surface area contributed by atoms with Crippen LogP contribution in [0.4, 0.5) is 0 Å². The van der Waals surface area contributed by atoms with E-state index in [2.05, 4.69) is 40.5 Å². The molecule has 6 heteroatoms. The molecule has 0 aliphatic heterocycles. The molecule has 25 heavy (non-hydrogen) atoms. The summed E-state index contributed by atoms with van der Waals surface area (Å²) in [6.45, 7) is 4.35. The van der Waals surface area contributed by atoms with E-state index in [4.69, 9.17) is 4.74 Å². The van der Waals surface area contributed by atoms with E-state index < -0.39 is 0 Å². The van der Waals surface area contributed by atoms with E-state index in [0.717, 1.165) is 35.8 Å². The Labute approximate surface area is 148 Å². The summed E-state index contributed by atoms with van der Waals surface area (Å²) in [6.07, 6.45) is 0.942. The Morgan fingerprint density at radius 3 is 2.60 bits per heavy atom.